The summed E-state index contributed by atoms with van der Waals surface area (Å²) in [4.78, 5) is 13.4. The van der Waals surface area contributed by atoms with Crippen LogP contribution < -0.4 is 15.5 Å². The Kier molecular flexibility index (Phi) is 3.73. The molecule has 0 radical (unpaired) electrons. The molecular weight excluding hydrogens is 269 g/mol. The molecule has 0 unspecified atom stereocenters. The van der Waals surface area contributed by atoms with Crippen LogP contribution in [-0.2, 0) is 6.54 Å². The maximum atomic E-state index is 13.1. The summed E-state index contributed by atoms with van der Waals surface area (Å²) >= 11 is 0. The molecule has 5 heteroatoms. The third kappa shape index (κ3) is 3.13. The molecular formula is C16H16FN3O. The topological polar surface area (TPSA) is 44.4 Å². The van der Waals surface area contributed by atoms with Crippen molar-refractivity contribution in [3.8, 4) is 0 Å². The maximum Gasteiger partial charge on any atom is 0.321 e. The molecule has 21 heavy (non-hydrogen) atoms. The van der Waals surface area contributed by atoms with Crippen molar-refractivity contribution in [3.05, 3.63) is 59.9 Å². The van der Waals surface area contributed by atoms with Gasteiger partial charge in [-0.2, -0.15) is 0 Å². The van der Waals surface area contributed by atoms with E-state index in [0.717, 1.165) is 16.9 Å². The van der Waals surface area contributed by atoms with Gasteiger partial charge in [0.1, 0.15) is 5.82 Å². The highest BCUT2D eigenvalue weighted by Gasteiger charge is 2.20. The van der Waals surface area contributed by atoms with Gasteiger partial charge in [0, 0.05) is 31.0 Å². The Balaban J connectivity index is 1.70. The first kappa shape index (κ1) is 13.4. The minimum atomic E-state index is -0.239. The standard InChI is InChI=1S/C16H16FN3O/c17-13-4-1-3-12(9-13)11-19-14-5-2-6-15(10-14)20-8-7-18-16(20)21/h1-6,9-10,19H,7-8,11H2,(H,18,21). The molecule has 1 heterocycles. The van der Waals surface area contributed by atoms with E-state index in [0.29, 0.717) is 19.6 Å². The molecule has 3 rings (SSSR count). The van der Waals surface area contributed by atoms with Crippen LogP contribution in [0.5, 0.6) is 0 Å². The van der Waals surface area contributed by atoms with Crippen molar-refractivity contribution < 1.29 is 9.18 Å². The SMILES string of the molecule is O=C1NCCN1c1cccc(NCc2cccc(F)c2)c1. The first-order valence-corrected chi connectivity index (χ1v) is 6.86. The van der Waals surface area contributed by atoms with Crippen LogP contribution in [0.3, 0.4) is 0 Å². The zero-order valence-electron chi connectivity index (χ0n) is 11.5. The molecule has 0 aromatic heterocycles. The molecule has 2 aromatic rings. The van der Waals surface area contributed by atoms with Crippen molar-refractivity contribution in [1.82, 2.24) is 5.32 Å². The summed E-state index contributed by atoms with van der Waals surface area (Å²) in [6.07, 6.45) is 0. The zero-order chi connectivity index (χ0) is 14.7. The molecule has 0 aliphatic carbocycles. The van der Waals surface area contributed by atoms with Gasteiger partial charge in [0.05, 0.1) is 0 Å². The minimum Gasteiger partial charge on any atom is -0.381 e. The van der Waals surface area contributed by atoms with Gasteiger partial charge in [0.2, 0.25) is 0 Å². The minimum absolute atomic E-state index is 0.0720. The van der Waals surface area contributed by atoms with Crippen LogP contribution in [0.4, 0.5) is 20.6 Å². The molecule has 4 nitrogen and oxygen atoms in total. The van der Waals surface area contributed by atoms with Crippen molar-refractivity contribution in [2.45, 2.75) is 6.54 Å². The fourth-order valence-electron chi connectivity index (χ4n) is 2.35. The summed E-state index contributed by atoms with van der Waals surface area (Å²) in [5.74, 6) is -0.239. The molecule has 2 N–H and O–H groups in total. The molecule has 1 saturated heterocycles. The lowest BCUT2D eigenvalue weighted by Gasteiger charge is -2.16. The molecule has 2 aromatic carbocycles. The van der Waals surface area contributed by atoms with E-state index in [9.17, 15) is 9.18 Å². The van der Waals surface area contributed by atoms with Crippen LogP contribution in [0.1, 0.15) is 5.56 Å². The number of halogens is 1. The molecule has 1 aliphatic heterocycles. The van der Waals surface area contributed by atoms with Gasteiger partial charge in [0.15, 0.2) is 0 Å². The van der Waals surface area contributed by atoms with Crippen molar-refractivity contribution in [3.63, 3.8) is 0 Å². The lowest BCUT2D eigenvalue weighted by Crippen LogP contribution is -2.27. The second-order valence-corrected chi connectivity index (χ2v) is 4.92. The maximum absolute atomic E-state index is 13.1. The summed E-state index contributed by atoms with van der Waals surface area (Å²) in [6.45, 7) is 1.87. The molecule has 108 valence electrons. The Morgan fingerprint density at radius 1 is 1.19 bits per heavy atom. The number of nitrogens with zero attached hydrogens (tertiary/aromatic N) is 1. The summed E-state index contributed by atoms with van der Waals surface area (Å²) in [7, 11) is 0. The Morgan fingerprint density at radius 2 is 2.05 bits per heavy atom. The summed E-state index contributed by atoms with van der Waals surface area (Å²) in [5.41, 5.74) is 2.63. The van der Waals surface area contributed by atoms with Crippen LogP contribution in [0.2, 0.25) is 0 Å². The number of carbonyl (C=O) groups is 1. The number of rotatable bonds is 4. The predicted octanol–water partition coefficient (Wildman–Crippen LogP) is 2.97. The van der Waals surface area contributed by atoms with Crippen LogP contribution in [-0.4, -0.2) is 19.1 Å². The Bertz CT molecular complexity index is 659. The van der Waals surface area contributed by atoms with Crippen LogP contribution in [0.15, 0.2) is 48.5 Å². The highest BCUT2D eigenvalue weighted by Crippen LogP contribution is 2.21. The third-order valence-electron chi connectivity index (χ3n) is 3.40. The average Bonchev–Trinajstić information content (AvgIpc) is 2.92. The third-order valence-corrected chi connectivity index (χ3v) is 3.40. The fraction of sp³-hybridized carbons (Fsp3) is 0.188. The smallest absolute Gasteiger partial charge is 0.321 e. The van der Waals surface area contributed by atoms with Gasteiger partial charge >= 0.3 is 6.03 Å². The van der Waals surface area contributed by atoms with Crippen LogP contribution >= 0.6 is 0 Å². The highest BCUT2D eigenvalue weighted by molar-refractivity contribution is 5.94. The number of amides is 2. The van der Waals surface area contributed by atoms with E-state index >= 15 is 0 Å². The van der Waals surface area contributed by atoms with Crippen LogP contribution in [0, 0.1) is 5.82 Å². The van der Waals surface area contributed by atoms with E-state index in [4.69, 9.17) is 0 Å². The van der Waals surface area contributed by atoms with Gasteiger partial charge in [-0.05, 0) is 35.9 Å². The second kappa shape index (κ2) is 5.83. The molecule has 0 spiro atoms. The zero-order valence-corrected chi connectivity index (χ0v) is 11.5. The Hall–Kier alpha value is -2.56. The number of benzene rings is 2. The van der Waals surface area contributed by atoms with E-state index in [-0.39, 0.29) is 11.8 Å². The molecule has 0 atom stereocenters. The summed E-state index contributed by atoms with van der Waals surface area (Å²) < 4.78 is 13.1. The van der Waals surface area contributed by atoms with Crippen molar-refractivity contribution >= 4 is 17.4 Å². The van der Waals surface area contributed by atoms with E-state index in [1.807, 2.05) is 30.3 Å². The van der Waals surface area contributed by atoms with Gasteiger partial charge < -0.3 is 10.6 Å². The van der Waals surface area contributed by atoms with Crippen molar-refractivity contribution in [2.75, 3.05) is 23.3 Å². The normalized spacial score (nSPS) is 14.1. The Labute approximate surface area is 122 Å². The number of hydrogen-bond acceptors (Lipinski definition) is 2. The number of anilines is 2. The fourth-order valence-corrected chi connectivity index (χ4v) is 2.35. The van der Waals surface area contributed by atoms with Gasteiger partial charge in [-0.1, -0.05) is 18.2 Å². The molecule has 1 aliphatic rings. The number of urea groups is 1. The number of nitrogens with one attached hydrogen (secondary N) is 2. The van der Waals surface area contributed by atoms with Crippen LogP contribution in [0.25, 0.3) is 0 Å². The van der Waals surface area contributed by atoms with Gasteiger partial charge in [-0.25, -0.2) is 9.18 Å². The molecule has 0 saturated carbocycles. The Morgan fingerprint density at radius 3 is 2.81 bits per heavy atom. The molecule has 0 bridgehead atoms. The largest absolute Gasteiger partial charge is 0.381 e. The van der Waals surface area contributed by atoms with Gasteiger partial charge in [-0.3, -0.25) is 4.90 Å². The first-order chi connectivity index (χ1) is 10.2. The lowest BCUT2D eigenvalue weighted by atomic mass is 10.2. The summed E-state index contributed by atoms with van der Waals surface area (Å²) in [6, 6.07) is 14.1. The predicted molar refractivity (Wildman–Crippen MR) is 80.9 cm³/mol. The molecule has 2 amide bonds. The van der Waals surface area contributed by atoms with E-state index in [2.05, 4.69) is 10.6 Å². The van der Waals surface area contributed by atoms with Gasteiger partial charge in [-0.15, -0.1) is 0 Å². The van der Waals surface area contributed by atoms with Crippen molar-refractivity contribution in [2.24, 2.45) is 0 Å². The van der Waals surface area contributed by atoms with E-state index in [1.165, 1.54) is 12.1 Å². The summed E-state index contributed by atoms with van der Waals surface area (Å²) in [5, 5.41) is 6.02. The van der Waals surface area contributed by atoms with Crippen molar-refractivity contribution in [1.29, 1.82) is 0 Å². The monoisotopic (exact) mass is 285 g/mol. The van der Waals surface area contributed by atoms with Gasteiger partial charge in [0.25, 0.3) is 0 Å². The number of carbonyl (C=O) groups excluding carboxylic acids is 1. The number of hydrogen-bond donors (Lipinski definition) is 2. The van der Waals surface area contributed by atoms with E-state index < -0.39 is 0 Å². The highest BCUT2D eigenvalue weighted by atomic mass is 19.1. The lowest BCUT2D eigenvalue weighted by molar-refractivity contribution is 0.252. The average molecular weight is 285 g/mol. The first-order valence-electron chi connectivity index (χ1n) is 6.86. The quantitative estimate of drug-likeness (QED) is 0.907. The second-order valence-electron chi connectivity index (χ2n) is 4.92. The van der Waals surface area contributed by atoms with E-state index in [1.54, 1.807) is 11.0 Å². The molecule has 1 fully saturated rings.